The Morgan fingerprint density at radius 3 is 2.54 bits per heavy atom. The monoisotopic (exact) mass is 734 g/mol. The Kier molecular flexibility index (Phi) is 9.27. The van der Waals surface area contributed by atoms with Crippen molar-refractivity contribution in [3.63, 3.8) is 0 Å². The summed E-state index contributed by atoms with van der Waals surface area (Å²) in [7, 11) is -5.03. The van der Waals surface area contributed by atoms with Crippen molar-refractivity contribution in [3.8, 4) is 5.75 Å². The summed E-state index contributed by atoms with van der Waals surface area (Å²) in [6.45, 7) is 4.01. The maximum Gasteiger partial charge on any atom is 0.418 e. The molecule has 18 nitrogen and oxygen atoms in total. The molecule has 0 radical (unpaired) electrons. The van der Waals surface area contributed by atoms with Crippen LogP contribution in [0.3, 0.4) is 0 Å². The number of nitrogens with two attached hydrogens (primary N) is 2. The van der Waals surface area contributed by atoms with Gasteiger partial charge < -0.3 is 36.8 Å². The minimum atomic E-state index is -5.03. The van der Waals surface area contributed by atoms with E-state index in [2.05, 4.69) is 25.1 Å². The van der Waals surface area contributed by atoms with Crippen molar-refractivity contribution in [2.24, 2.45) is 15.9 Å². The zero-order valence-electron chi connectivity index (χ0n) is 27.4. The van der Waals surface area contributed by atoms with Crippen LogP contribution >= 0.6 is 11.3 Å². The third-order valence-corrected chi connectivity index (χ3v) is 10.5. The van der Waals surface area contributed by atoms with Gasteiger partial charge in [0.05, 0.1) is 11.6 Å². The first-order valence-electron chi connectivity index (χ1n) is 15.9. The molecule has 6 rings (SSSR count). The van der Waals surface area contributed by atoms with Gasteiger partial charge in [0, 0.05) is 23.0 Å². The van der Waals surface area contributed by atoms with Gasteiger partial charge in [-0.2, -0.15) is 13.5 Å². The highest BCUT2D eigenvalue weighted by Crippen LogP contribution is 2.36. The molecular formula is C30H38N8O10S2. The lowest BCUT2D eigenvalue weighted by Crippen LogP contribution is -2.76. The normalized spacial score (nSPS) is 27.4. The van der Waals surface area contributed by atoms with Gasteiger partial charge in [0.15, 0.2) is 16.9 Å². The van der Waals surface area contributed by atoms with Crippen molar-refractivity contribution in [1.82, 2.24) is 20.7 Å². The number of rotatable bonds is 11. The van der Waals surface area contributed by atoms with Gasteiger partial charge in [-0.25, -0.2) is 9.78 Å². The lowest BCUT2D eigenvalue weighted by Gasteiger charge is -2.50. The number of aryl methyl sites for hydroxylation is 1. The molecule has 0 unspecified atom stereocenters. The number of amidine groups is 1. The van der Waals surface area contributed by atoms with Gasteiger partial charge in [-0.1, -0.05) is 5.16 Å². The highest BCUT2D eigenvalue weighted by Gasteiger charge is 2.58. The molecule has 2 bridgehead atoms. The molecule has 5 atom stereocenters. The molecule has 50 heavy (non-hydrogen) atoms. The number of nitrogen functional groups attached to an aromatic ring is 1. The summed E-state index contributed by atoms with van der Waals surface area (Å²) in [6.07, 6.45) is 3.79. The topological polar surface area (TPSA) is 270 Å². The third kappa shape index (κ3) is 6.97. The van der Waals surface area contributed by atoms with Crippen molar-refractivity contribution in [1.29, 1.82) is 0 Å². The summed E-state index contributed by atoms with van der Waals surface area (Å²) in [6, 6.07) is 5.14. The van der Waals surface area contributed by atoms with E-state index in [0.717, 1.165) is 48.1 Å². The van der Waals surface area contributed by atoms with Crippen LogP contribution in [0.15, 0.2) is 33.7 Å². The summed E-state index contributed by atoms with van der Waals surface area (Å²) >= 11 is 0.971. The molecular weight excluding hydrogens is 697 g/mol. The van der Waals surface area contributed by atoms with Crippen LogP contribution in [0, 0.1) is 0 Å². The smallest absolute Gasteiger partial charge is 0.418 e. The van der Waals surface area contributed by atoms with Gasteiger partial charge in [-0.05, 0) is 83.1 Å². The Balaban J connectivity index is 1.19. The second-order valence-corrected chi connectivity index (χ2v) is 15.3. The second kappa shape index (κ2) is 13.1. The minimum Gasteiger partial charge on any atom is -0.485 e. The van der Waals surface area contributed by atoms with E-state index in [9.17, 15) is 27.9 Å². The minimum absolute atomic E-state index is 0.0643. The summed E-state index contributed by atoms with van der Waals surface area (Å²) in [5, 5.41) is 22.1. The van der Waals surface area contributed by atoms with Crippen LogP contribution in [0.1, 0.15) is 69.7 Å². The van der Waals surface area contributed by atoms with E-state index in [1.54, 1.807) is 12.1 Å². The molecule has 5 heterocycles. The van der Waals surface area contributed by atoms with Gasteiger partial charge >= 0.3 is 16.4 Å². The zero-order valence-corrected chi connectivity index (χ0v) is 29.0. The number of oxime groups is 1. The zero-order chi connectivity index (χ0) is 36.2. The maximum atomic E-state index is 13.5. The molecule has 2 amide bonds. The standard InChI is InChI=1S/C30H38N8O10S2/c1-29(2)23(26(40)38(29)48-50(43,44)45)36-25(39)22(19-13-49-28(32)35-19)37-47-30(3,27(41)42)21-9-5-14-10-15(4-8-20(14)46-21)24(31)34-18-11-16-6-7-17(12-18)33-16/h4,8,10,13,16-18,21,23,33H,5-7,9,11-12H2,1-3H3,(H2,31,34)(H2,32,35)(H,36,39)(H,41,42)(H,43,44,45)/b37-22-/t16-,17-,21-,23-,30+/m1/s1. The summed E-state index contributed by atoms with van der Waals surface area (Å²) in [5.41, 5.74) is 9.62. The molecule has 1 aromatic carbocycles. The average Bonchev–Trinajstić information content (AvgIpc) is 3.64. The molecule has 0 aliphatic carbocycles. The highest BCUT2D eigenvalue weighted by molar-refractivity contribution is 7.80. The number of nitrogens with zero attached hydrogens (tertiary/aromatic N) is 4. The van der Waals surface area contributed by atoms with Crippen molar-refractivity contribution in [3.05, 3.63) is 40.4 Å². The second-order valence-electron chi connectivity index (χ2n) is 13.5. The number of carbonyl (C=O) groups is 3. The number of aromatic nitrogens is 1. The van der Waals surface area contributed by atoms with Crippen molar-refractivity contribution >= 4 is 56.2 Å². The van der Waals surface area contributed by atoms with Crippen LogP contribution in [0.25, 0.3) is 0 Å². The number of piperidine rings is 1. The van der Waals surface area contributed by atoms with Gasteiger partial charge in [0.25, 0.3) is 17.4 Å². The van der Waals surface area contributed by atoms with Crippen LogP contribution in [0.5, 0.6) is 5.75 Å². The SMILES string of the molecule is CC1(C)[C@H](NC(=O)/C(=N\O[C@](C)(C(=O)O)[C@H]2CCc3cc(C(N)=NC4C[C@H]5CC[C@H](C4)N5)ccc3O2)c2csc(N)n2)C(=O)N1OS(=O)(=O)O. The number of amides is 2. The number of hydrogen-bond donors (Lipinski definition) is 6. The molecule has 2 aromatic rings. The number of thiazole rings is 1. The van der Waals surface area contributed by atoms with Gasteiger partial charge in [-0.15, -0.1) is 15.6 Å². The third-order valence-electron chi connectivity index (χ3n) is 9.54. The van der Waals surface area contributed by atoms with Crippen LogP contribution in [-0.4, -0.2) is 98.9 Å². The number of ether oxygens (including phenoxy) is 1. The number of β-lactam (4-membered cyclic amide) rings is 1. The fourth-order valence-corrected chi connectivity index (χ4v) is 7.74. The Labute approximate surface area is 291 Å². The fraction of sp³-hybridized carbons (Fsp3) is 0.533. The number of hydroxylamine groups is 2. The van der Waals surface area contributed by atoms with Crippen LogP contribution in [0.4, 0.5) is 5.13 Å². The van der Waals surface area contributed by atoms with E-state index < -0.39 is 57.2 Å². The van der Waals surface area contributed by atoms with Crippen LogP contribution < -0.4 is 26.8 Å². The molecule has 4 aliphatic rings. The van der Waals surface area contributed by atoms with Gasteiger partial charge in [0.2, 0.25) is 0 Å². The molecule has 3 saturated heterocycles. The van der Waals surface area contributed by atoms with E-state index >= 15 is 0 Å². The fourth-order valence-electron chi connectivity index (χ4n) is 6.74. The number of carboxylic acid groups (broad SMARTS) is 1. The van der Waals surface area contributed by atoms with E-state index in [1.807, 2.05) is 6.07 Å². The molecule has 8 N–H and O–H groups in total. The van der Waals surface area contributed by atoms with Crippen LogP contribution in [-0.2, 0) is 40.3 Å². The van der Waals surface area contributed by atoms with Crippen molar-refractivity contribution in [2.75, 3.05) is 5.73 Å². The first-order valence-corrected chi connectivity index (χ1v) is 18.1. The average molecular weight is 735 g/mol. The summed E-state index contributed by atoms with van der Waals surface area (Å²) in [4.78, 5) is 53.3. The van der Waals surface area contributed by atoms with E-state index in [4.69, 9.17) is 30.6 Å². The Bertz CT molecular complexity index is 1870. The number of carbonyl (C=O) groups excluding carboxylic acids is 2. The van der Waals surface area contributed by atoms with E-state index in [1.165, 1.54) is 26.2 Å². The number of hydrogen-bond acceptors (Lipinski definition) is 14. The van der Waals surface area contributed by atoms with E-state index in [0.29, 0.717) is 35.2 Å². The van der Waals surface area contributed by atoms with Gasteiger partial charge in [-0.3, -0.25) is 19.1 Å². The van der Waals surface area contributed by atoms with Crippen molar-refractivity contribution < 1.29 is 46.3 Å². The quantitative estimate of drug-likeness (QED) is 0.0604. The Morgan fingerprint density at radius 2 is 1.94 bits per heavy atom. The molecule has 0 spiro atoms. The maximum absolute atomic E-state index is 13.5. The molecule has 1 aromatic heterocycles. The molecule has 3 fully saturated rings. The lowest BCUT2D eigenvalue weighted by atomic mass is 9.84. The van der Waals surface area contributed by atoms with Crippen LogP contribution in [0.2, 0.25) is 0 Å². The molecule has 20 heteroatoms. The van der Waals surface area contributed by atoms with Crippen molar-refractivity contribution in [2.45, 2.75) is 101 Å². The summed E-state index contributed by atoms with van der Waals surface area (Å²) < 4.78 is 41.8. The van der Waals surface area contributed by atoms with E-state index in [-0.39, 0.29) is 23.3 Å². The number of aliphatic imine (C=N–C) groups is 1. The summed E-state index contributed by atoms with van der Waals surface area (Å²) in [5.74, 6) is -2.55. The Morgan fingerprint density at radius 1 is 1.24 bits per heavy atom. The molecule has 0 saturated carbocycles. The first-order chi connectivity index (χ1) is 23.4. The van der Waals surface area contributed by atoms with Gasteiger partial charge in [0.1, 0.15) is 23.3 Å². The number of carboxylic acids is 1. The molecule has 4 aliphatic heterocycles. The largest absolute Gasteiger partial charge is 0.485 e. The Hall–Kier alpha value is -4.37. The highest BCUT2D eigenvalue weighted by atomic mass is 32.3. The number of fused-ring (bicyclic) bond motifs is 3. The lowest BCUT2D eigenvalue weighted by molar-refractivity contribution is -0.218. The predicted molar refractivity (Wildman–Crippen MR) is 179 cm³/mol. The first kappa shape index (κ1) is 35.5. The number of anilines is 1. The molecule has 270 valence electrons. The predicted octanol–water partition coefficient (Wildman–Crippen LogP) is 0.511. The number of benzene rings is 1. The number of nitrogens with one attached hydrogen (secondary N) is 2. The number of aliphatic carboxylic acids is 1.